The third-order valence-corrected chi connectivity index (χ3v) is 23.2. The van der Waals surface area contributed by atoms with E-state index in [-0.39, 0.29) is 60.3 Å². The predicted octanol–water partition coefficient (Wildman–Crippen LogP) is 32.5. The van der Waals surface area contributed by atoms with Gasteiger partial charge in [-0.1, -0.05) is 332 Å². The quantitative estimate of drug-likeness (QED) is 0.129. The van der Waals surface area contributed by atoms with Gasteiger partial charge in [-0.05, 0) is 217 Å². The Balaban J connectivity index is 0.000000115. The summed E-state index contributed by atoms with van der Waals surface area (Å²) in [7, 11) is 0. The predicted molar refractivity (Wildman–Crippen MR) is 581 cm³/mol. The van der Waals surface area contributed by atoms with Gasteiger partial charge >= 0.3 is 0 Å². The fourth-order valence-electron chi connectivity index (χ4n) is 15.6. The van der Waals surface area contributed by atoms with Crippen molar-refractivity contribution in [3.63, 3.8) is 0 Å². The molecule has 0 bridgehead atoms. The van der Waals surface area contributed by atoms with Crippen LogP contribution in [0.5, 0.6) is 0 Å². The van der Waals surface area contributed by atoms with Gasteiger partial charge in [-0.25, -0.2) is 79.7 Å². The Morgan fingerprint density at radius 3 is 0.787 bits per heavy atom. The van der Waals surface area contributed by atoms with E-state index in [0.717, 1.165) is 150 Å². The zero-order chi connectivity index (χ0) is 102. The van der Waals surface area contributed by atoms with Crippen molar-refractivity contribution in [3.8, 4) is 89.9 Å². The highest BCUT2D eigenvalue weighted by Gasteiger charge is 2.17. The molecule has 15 aromatic carbocycles. The summed E-state index contributed by atoms with van der Waals surface area (Å²) >= 11 is 47.6. The molecule has 0 aliphatic heterocycles. The number of pyridine rings is 1. The summed E-state index contributed by atoms with van der Waals surface area (Å²) in [5, 5.41) is 9.62. The Bertz CT molecular complexity index is 8730. The number of hydrogen-bond acceptors (Lipinski definition) is 17. The van der Waals surface area contributed by atoms with Gasteiger partial charge in [0.2, 0.25) is 42.3 Å². The first-order valence-electron chi connectivity index (χ1n) is 46.6. The number of halogens is 8. The van der Waals surface area contributed by atoms with Crippen molar-refractivity contribution in [3.05, 3.63) is 471 Å². The van der Waals surface area contributed by atoms with Crippen molar-refractivity contribution in [1.29, 1.82) is 0 Å². The summed E-state index contributed by atoms with van der Waals surface area (Å²) in [6.07, 6.45) is 3.50. The first-order valence-corrected chi connectivity index (χ1v) is 47.1. The molecule has 0 radical (unpaired) electrons. The molecule has 24 rings (SSSR count). The van der Waals surface area contributed by atoms with E-state index in [1.54, 1.807) is 36.7 Å². The lowest BCUT2D eigenvalue weighted by Crippen LogP contribution is -1.92. The number of rotatable bonds is 8. The summed E-state index contributed by atoms with van der Waals surface area (Å²) in [6.45, 7) is 10.2. The van der Waals surface area contributed by atoms with Gasteiger partial charge in [-0.3, -0.25) is 4.98 Å². The van der Waals surface area contributed by atoms with Gasteiger partial charge in [0.25, 0.3) is 0 Å². The molecule has 25 heteroatoms. The van der Waals surface area contributed by atoms with Crippen LogP contribution in [0.3, 0.4) is 0 Å². The normalized spacial score (nSPS) is 11.2. The molecule has 686 valence electrons. The Morgan fingerprint density at radius 1 is 0.177 bits per heavy atom. The monoisotopic (exact) mass is 2000 g/mol. The molecule has 0 saturated carbocycles. The molecule has 0 aliphatic rings. The molecule has 17 nitrogen and oxygen atoms in total. The lowest BCUT2D eigenvalue weighted by molar-refractivity contribution is 1.15. The van der Waals surface area contributed by atoms with Crippen LogP contribution in [0.4, 0.5) is 0 Å². The molecule has 141 heavy (non-hydrogen) atoms. The number of hydrogen-bond donors (Lipinski definition) is 0. The highest BCUT2D eigenvalue weighted by atomic mass is 35.5. The van der Waals surface area contributed by atoms with Crippen LogP contribution >= 0.6 is 92.8 Å². The summed E-state index contributed by atoms with van der Waals surface area (Å²) in [5.74, 6) is 0. The number of aryl methyl sites for hydroxylation is 5. The lowest BCUT2D eigenvalue weighted by atomic mass is 10.0. The number of benzene rings is 15. The van der Waals surface area contributed by atoms with Gasteiger partial charge in [-0.15, -0.1) is 0 Å². The topological polar surface area (TPSA) is 219 Å². The average molecular weight is 2000 g/mol. The molecule has 0 aliphatic carbocycles. The average Bonchev–Trinajstić information content (AvgIpc) is 0.751. The largest absolute Gasteiger partial charge is 0.264 e. The van der Waals surface area contributed by atoms with Crippen molar-refractivity contribution >= 4 is 180 Å². The summed E-state index contributed by atoms with van der Waals surface area (Å²) in [6, 6.07) is 116. The maximum atomic E-state index is 8.04. The summed E-state index contributed by atoms with van der Waals surface area (Å²) in [4.78, 5) is 72.0. The third-order valence-electron chi connectivity index (χ3n) is 21.9. The van der Waals surface area contributed by atoms with Crippen molar-refractivity contribution < 1.29 is 6.85 Å². The minimum absolute atomic E-state index is 0.0199. The molecule has 9 aromatic heterocycles. The highest BCUT2D eigenvalue weighted by Crippen LogP contribution is 2.37. The van der Waals surface area contributed by atoms with Gasteiger partial charge in [0, 0.05) is 94.4 Å². The molecule has 0 saturated heterocycles. The molecule has 24 aromatic rings. The number of nitrogens with zero attached hydrogens (tertiary/aromatic N) is 17. The first kappa shape index (κ1) is 90.6. The van der Waals surface area contributed by atoms with Crippen molar-refractivity contribution in [1.82, 2.24) is 84.7 Å². The fourth-order valence-corrected chi connectivity index (χ4v) is 17.0. The Labute approximate surface area is 860 Å². The Hall–Kier alpha value is -15.5. The van der Waals surface area contributed by atoms with Gasteiger partial charge in [-0.2, -0.15) is 0 Å². The van der Waals surface area contributed by atoms with E-state index < -0.39 is 18.1 Å². The standard InChI is InChI=1S/C20H13ClN2.C16H13ClN2.2C15H11ClN2.2C14H9ClN2.C13H8ClN3.C9H7ClN2/c21-20-22-18-9-5-4-8-17(18)19(23-20)16-12-10-15(11-13-16)14-6-2-1-3-7-14;1-10-7-11(2)9-12(8-10)15-13-5-3-4-6-14(13)18-16(17)19-15;1-10-5-4-6-11(9-10)14-12-7-2-3-8-13(12)17-15(16)18-14;1-10-6-8-11(9-7-10)14-12-4-2-3-5-13(12)17-15(16)18-14;2*15-14-16-12-9-5-4-8-11(12)13(17-14)10-6-2-1-3-7-10;14-13-16-11-6-2-1-5-10(11)12(17-13)9-4-3-7-15-8-9;1-6-7-4-2-3-5-8(7)12-9(10)11-6/h1-13H;3-9H,1-2H3;2*2-9H,1H3;2*1-9H;1-8H;2-5H,1H3/i;;;;1D,2D,3D,6D,7D;;;. The van der Waals surface area contributed by atoms with E-state index in [0.29, 0.717) is 16.2 Å². The maximum absolute atomic E-state index is 8.04. The van der Waals surface area contributed by atoms with Crippen molar-refractivity contribution in [2.24, 2.45) is 0 Å². The molecular weight excluding hydrogens is 1920 g/mol. The minimum atomic E-state index is -0.441. The number of para-hydroxylation sites is 8. The van der Waals surface area contributed by atoms with Crippen LogP contribution in [0.15, 0.2) is 401 Å². The second-order valence-corrected chi connectivity index (χ2v) is 34.5. The molecule has 0 N–H and O–H groups in total. The molecule has 9 heterocycles. The van der Waals surface area contributed by atoms with Crippen LogP contribution in [0.25, 0.3) is 177 Å². The second-order valence-electron chi connectivity index (χ2n) is 31.8. The van der Waals surface area contributed by atoms with Crippen molar-refractivity contribution in [2.75, 3.05) is 0 Å². The lowest BCUT2D eigenvalue weighted by Gasteiger charge is -2.08. The van der Waals surface area contributed by atoms with E-state index >= 15 is 0 Å². The van der Waals surface area contributed by atoms with Crippen molar-refractivity contribution in [2.45, 2.75) is 34.6 Å². The minimum Gasteiger partial charge on any atom is -0.264 e. The van der Waals surface area contributed by atoms with E-state index in [9.17, 15) is 0 Å². The zero-order valence-electron chi connectivity index (χ0n) is 80.8. The van der Waals surface area contributed by atoms with Crippen LogP contribution in [0.1, 0.15) is 34.8 Å². The van der Waals surface area contributed by atoms with E-state index in [1.807, 2.05) is 250 Å². The first-order chi connectivity index (χ1) is 70.8. The fraction of sp³-hybridized carbons (Fsp3) is 0.0431. The Morgan fingerprint density at radius 2 is 0.433 bits per heavy atom. The van der Waals surface area contributed by atoms with Gasteiger partial charge in [0.15, 0.2) is 0 Å². The summed E-state index contributed by atoms with van der Waals surface area (Å²) in [5.41, 5.74) is 26.5. The van der Waals surface area contributed by atoms with Crippen LogP contribution in [0.2, 0.25) is 42.3 Å². The van der Waals surface area contributed by atoms with E-state index in [1.165, 1.54) is 33.4 Å². The highest BCUT2D eigenvalue weighted by molar-refractivity contribution is 6.31. The number of fused-ring (bicyclic) bond motifs is 8. The van der Waals surface area contributed by atoms with E-state index in [2.05, 4.69) is 203 Å². The van der Waals surface area contributed by atoms with Crippen LogP contribution in [-0.2, 0) is 0 Å². The smallest absolute Gasteiger partial charge is 0.223 e. The van der Waals surface area contributed by atoms with E-state index in [4.69, 9.17) is 99.7 Å². The van der Waals surface area contributed by atoms with Crippen LogP contribution in [0, 0.1) is 34.6 Å². The molecule has 0 spiro atoms. The molecular formula is C116H81Cl8N17. The zero-order valence-corrected chi connectivity index (χ0v) is 81.9. The van der Waals surface area contributed by atoms with Crippen LogP contribution in [-0.4, -0.2) is 84.7 Å². The molecule has 0 amide bonds. The maximum Gasteiger partial charge on any atom is 0.223 e. The molecule has 0 atom stereocenters. The second kappa shape index (κ2) is 46.3. The van der Waals surface area contributed by atoms with Crippen LogP contribution < -0.4 is 0 Å². The molecule has 0 fully saturated rings. The third kappa shape index (κ3) is 24.8. The Kier molecular flexibility index (Phi) is 29.8. The SMILES string of the molecule is Cc1cc(C)cc(-c2nc(Cl)nc3ccccc23)c1.Cc1ccc(-c2nc(Cl)nc3ccccc23)cc1.Cc1cccc(-c2nc(Cl)nc3ccccc23)c1.Cc1nc(Cl)nc2ccccc12.Clc1nc(-c2ccc(-c3ccccc3)cc2)c2ccccc2n1.Clc1nc(-c2ccccc2)c2ccccc2n1.Clc1nc(-c2cccnc2)c2ccccc2n1.[2H]c1c([2H])c([2H])c(-c2nc(Cl)nc3ccccc23)c([2H])c1[2H]. The molecule has 0 unspecified atom stereocenters. The van der Waals surface area contributed by atoms with Gasteiger partial charge in [0.1, 0.15) is 0 Å². The van der Waals surface area contributed by atoms with Gasteiger partial charge in [0.05, 0.1) is 96.5 Å². The summed E-state index contributed by atoms with van der Waals surface area (Å²) < 4.78 is 39.3. The number of aromatic nitrogens is 17. The van der Waals surface area contributed by atoms with Gasteiger partial charge < -0.3 is 0 Å².